The summed E-state index contributed by atoms with van der Waals surface area (Å²) in [4.78, 5) is 19.1. The Bertz CT molecular complexity index is 403. The van der Waals surface area contributed by atoms with Crippen molar-refractivity contribution in [1.82, 2.24) is 0 Å². The van der Waals surface area contributed by atoms with E-state index in [4.69, 9.17) is 5.11 Å². The lowest BCUT2D eigenvalue weighted by atomic mass is 10.1. The topological polar surface area (TPSA) is 101 Å². The second-order valence-corrected chi connectivity index (χ2v) is 3.14. The SMILES string of the molecule is CCC(=O)O.CCc1cccc([N+](=O)[O-])c1O. The second kappa shape index (κ2) is 7.21. The quantitative estimate of drug-likeness (QED) is 0.624. The van der Waals surface area contributed by atoms with Gasteiger partial charge in [0.15, 0.2) is 5.75 Å². The predicted octanol–water partition coefficient (Wildman–Crippen LogP) is 2.34. The van der Waals surface area contributed by atoms with Crippen LogP contribution in [-0.4, -0.2) is 21.1 Å². The molecule has 0 atom stereocenters. The van der Waals surface area contributed by atoms with Gasteiger partial charge in [0.2, 0.25) is 0 Å². The molecular formula is C11H15NO5. The molecule has 0 radical (unpaired) electrons. The third kappa shape index (κ3) is 4.96. The third-order valence-corrected chi connectivity index (χ3v) is 1.98. The standard InChI is InChI=1S/C8H9NO3.C3H6O2/c1-2-6-4-3-5-7(8(6)10)9(11)12;1-2-3(4)5/h3-5,10H,2H2,1H3;2H2,1H3,(H,4,5). The Morgan fingerprint density at radius 1 is 1.41 bits per heavy atom. The van der Waals surface area contributed by atoms with Crippen molar-refractivity contribution in [3.8, 4) is 5.75 Å². The summed E-state index contributed by atoms with van der Waals surface area (Å²) < 4.78 is 0. The summed E-state index contributed by atoms with van der Waals surface area (Å²) in [7, 11) is 0. The van der Waals surface area contributed by atoms with E-state index in [2.05, 4.69) is 0 Å². The number of nitrogens with zero attached hydrogens (tertiary/aromatic N) is 1. The van der Waals surface area contributed by atoms with Crippen molar-refractivity contribution in [3.05, 3.63) is 33.9 Å². The van der Waals surface area contributed by atoms with E-state index in [-0.39, 0.29) is 17.9 Å². The number of aliphatic carboxylic acids is 1. The average molecular weight is 241 g/mol. The van der Waals surface area contributed by atoms with E-state index >= 15 is 0 Å². The van der Waals surface area contributed by atoms with E-state index in [1.54, 1.807) is 19.1 Å². The maximum Gasteiger partial charge on any atom is 0.310 e. The molecule has 1 rings (SSSR count). The molecule has 94 valence electrons. The average Bonchev–Trinajstić information content (AvgIpc) is 2.29. The molecule has 0 aliphatic heterocycles. The molecule has 0 amide bonds. The maximum absolute atomic E-state index is 10.3. The van der Waals surface area contributed by atoms with Crippen LogP contribution in [0.3, 0.4) is 0 Å². The van der Waals surface area contributed by atoms with Crippen molar-refractivity contribution in [2.45, 2.75) is 26.7 Å². The highest BCUT2D eigenvalue weighted by molar-refractivity contribution is 5.66. The molecular weight excluding hydrogens is 226 g/mol. The van der Waals surface area contributed by atoms with Crippen LogP contribution in [0, 0.1) is 10.1 Å². The van der Waals surface area contributed by atoms with Gasteiger partial charge in [-0.05, 0) is 6.42 Å². The van der Waals surface area contributed by atoms with E-state index in [9.17, 15) is 20.0 Å². The summed E-state index contributed by atoms with van der Waals surface area (Å²) in [5, 5.41) is 27.4. The Kier molecular flexibility index (Phi) is 6.32. The van der Waals surface area contributed by atoms with Crippen molar-refractivity contribution < 1.29 is 19.9 Å². The Labute approximate surface area is 98.7 Å². The van der Waals surface area contributed by atoms with Gasteiger partial charge in [0.25, 0.3) is 0 Å². The Hall–Kier alpha value is -2.11. The second-order valence-electron chi connectivity index (χ2n) is 3.14. The minimum absolute atomic E-state index is 0.218. The lowest BCUT2D eigenvalue weighted by Crippen LogP contribution is -1.91. The van der Waals surface area contributed by atoms with Crippen molar-refractivity contribution in [2.24, 2.45) is 0 Å². The zero-order chi connectivity index (χ0) is 13.4. The van der Waals surface area contributed by atoms with Crippen molar-refractivity contribution in [3.63, 3.8) is 0 Å². The zero-order valence-electron chi connectivity index (χ0n) is 9.71. The Morgan fingerprint density at radius 3 is 2.29 bits per heavy atom. The molecule has 0 fully saturated rings. The molecule has 0 heterocycles. The number of nitro groups is 1. The molecule has 6 heteroatoms. The van der Waals surface area contributed by atoms with Crippen molar-refractivity contribution in [2.75, 3.05) is 0 Å². The highest BCUT2D eigenvalue weighted by atomic mass is 16.6. The van der Waals surface area contributed by atoms with Crippen LogP contribution >= 0.6 is 0 Å². The largest absolute Gasteiger partial charge is 0.502 e. The number of phenolic OH excluding ortho intramolecular Hbond substituents is 1. The van der Waals surface area contributed by atoms with Crippen molar-refractivity contribution >= 4 is 11.7 Å². The first-order valence-corrected chi connectivity index (χ1v) is 5.11. The van der Waals surface area contributed by atoms with Gasteiger partial charge < -0.3 is 10.2 Å². The van der Waals surface area contributed by atoms with Crippen LogP contribution in [0.25, 0.3) is 0 Å². The van der Waals surface area contributed by atoms with Gasteiger partial charge in [-0.1, -0.05) is 26.0 Å². The molecule has 1 aromatic carbocycles. The molecule has 0 saturated carbocycles. The fourth-order valence-corrected chi connectivity index (χ4v) is 1.01. The highest BCUT2D eigenvalue weighted by Crippen LogP contribution is 2.29. The molecule has 6 nitrogen and oxygen atoms in total. The first-order chi connectivity index (χ1) is 7.93. The van der Waals surface area contributed by atoms with Crippen LogP contribution in [0.15, 0.2) is 18.2 Å². The molecule has 0 aliphatic carbocycles. The normalized spacial score (nSPS) is 9.06. The van der Waals surface area contributed by atoms with Gasteiger partial charge in [0, 0.05) is 18.1 Å². The van der Waals surface area contributed by atoms with E-state index in [1.807, 2.05) is 6.92 Å². The Morgan fingerprint density at radius 2 is 1.94 bits per heavy atom. The van der Waals surface area contributed by atoms with Crippen LogP contribution in [-0.2, 0) is 11.2 Å². The number of carboxylic acid groups (broad SMARTS) is 1. The number of nitro benzene ring substituents is 1. The maximum atomic E-state index is 10.3. The number of phenols is 1. The van der Waals surface area contributed by atoms with Gasteiger partial charge in [-0.3, -0.25) is 14.9 Å². The molecule has 2 N–H and O–H groups in total. The number of aryl methyl sites for hydroxylation is 1. The van der Waals surface area contributed by atoms with E-state index < -0.39 is 10.9 Å². The molecule has 0 bridgehead atoms. The van der Waals surface area contributed by atoms with Crippen LogP contribution in [0.4, 0.5) is 5.69 Å². The number of rotatable bonds is 3. The van der Waals surface area contributed by atoms with Crippen LogP contribution in [0.2, 0.25) is 0 Å². The van der Waals surface area contributed by atoms with Gasteiger partial charge >= 0.3 is 11.7 Å². The number of hydrogen-bond donors (Lipinski definition) is 2. The fraction of sp³-hybridized carbons (Fsp3) is 0.364. The summed E-state index contributed by atoms with van der Waals surface area (Å²) >= 11 is 0. The molecule has 0 unspecified atom stereocenters. The summed E-state index contributed by atoms with van der Waals surface area (Å²) in [6.45, 7) is 3.43. The lowest BCUT2D eigenvalue weighted by Gasteiger charge is -2.00. The van der Waals surface area contributed by atoms with Crippen LogP contribution in [0.5, 0.6) is 5.75 Å². The zero-order valence-corrected chi connectivity index (χ0v) is 9.71. The predicted molar refractivity (Wildman–Crippen MR) is 62.1 cm³/mol. The number of aromatic hydroxyl groups is 1. The van der Waals surface area contributed by atoms with Gasteiger partial charge in [-0.15, -0.1) is 0 Å². The van der Waals surface area contributed by atoms with E-state index in [1.165, 1.54) is 6.07 Å². The molecule has 17 heavy (non-hydrogen) atoms. The van der Waals surface area contributed by atoms with Gasteiger partial charge in [-0.2, -0.15) is 0 Å². The number of carbonyl (C=O) groups is 1. The van der Waals surface area contributed by atoms with E-state index in [0.29, 0.717) is 12.0 Å². The van der Waals surface area contributed by atoms with Gasteiger partial charge in [0.1, 0.15) is 0 Å². The third-order valence-electron chi connectivity index (χ3n) is 1.98. The smallest absolute Gasteiger partial charge is 0.310 e. The number of hydrogen-bond acceptors (Lipinski definition) is 4. The number of carboxylic acids is 1. The van der Waals surface area contributed by atoms with Gasteiger partial charge in [0.05, 0.1) is 4.92 Å². The molecule has 0 aliphatic rings. The molecule has 0 saturated heterocycles. The summed E-state index contributed by atoms with van der Waals surface area (Å²) in [5.74, 6) is -0.963. The lowest BCUT2D eigenvalue weighted by molar-refractivity contribution is -0.385. The minimum atomic E-state index is -0.745. The first-order valence-electron chi connectivity index (χ1n) is 5.11. The van der Waals surface area contributed by atoms with Crippen LogP contribution in [0.1, 0.15) is 25.8 Å². The highest BCUT2D eigenvalue weighted by Gasteiger charge is 2.14. The summed E-state index contributed by atoms with van der Waals surface area (Å²) in [5.41, 5.74) is 0.374. The molecule has 1 aromatic rings. The van der Waals surface area contributed by atoms with Gasteiger partial charge in [-0.25, -0.2) is 0 Å². The summed E-state index contributed by atoms with van der Waals surface area (Å²) in [6, 6.07) is 4.52. The monoisotopic (exact) mass is 241 g/mol. The van der Waals surface area contributed by atoms with Crippen LogP contribution < -0.4 is 0 Å². The van der Waals surface area contributed by atoms with E-state index in [0.717, 1.165) is 0 Å². The Balaban J connectivity index is 0.000000437. The first kappa shape index (κ1) is 14.9. The fourth-order valence-electron chi connectivity index (χ4n) is 1.01. The minimum Gasteiger partial charge on any atom is -0.502 e. The van der Waals surface area contributed by atoms with Crippen molar-refractivity contribution in [1.29, 1.82) is 0 Å². The molecule has 0 spiro atoms. The number of para-hydroxylation sites is 1. The number of benzene rings is 1. The molecule has 0 aromatic heterocycles. The summed E-state index contributed by atoms with van der Waals surface area (Å²) in [6.07, 6.45) is 0.813.